The molecule has 10 nitrogen and oxygen atoms in total. The van der Waals surface area contributed by atoms with Crippen LogP contribution in [0.2, 0.25) is 0 Å². The highest BCUT2D eigenvalue weighted by molar-refractivity contribution is 6.27. The van der Waals surface area contributed by atoms with Gasteiger partial charge in [-0.05, 0) is 70.7 Å². The van der Waals surface area contributed by atoms with Gasteiger partial charge in [-0.25, -0.2) is 0 Å². The Morgan fingerprint density at radius 3 is 2.19 bits per heavy atom. The Balaban J connectivity index is 1.11. The summed E-state index contributed by atoms with van der Waals surface area (Å²) in [7, 11) is 0. The largest absolute Gasteiger partial charge is 0.494 e. The molecule has 1 aromatic carbocycles. The number of fused-ring (bicyclic) bond motifs is 5. The van der Waals surface area contributed by atoms with E-state index in [0.717, 1.165) is 23.5 Å². The number of carbonyl (C=O) groups excluding carboxylic acids is 4. The van der Waals surface area contributed by atoms with E-state index in [-0.39, 0.29) is 42.5 Å². The third-order valence-corrected chi connectivity index (χ3v) is 8.16. The molecule has 4 rings (SSSR count). The normalized spacial score (nSPS) is 14.7. The fourth-order valence-corrected chi connectivity index (χ4v) is 4.98. The van der Waals surface area contributed by atoms with Crippen LogP contribution in [0.3, 0.4) is 0 Å². The summed E-state index contributed by atoms with van der Waals surface area (Å²) >= 11 is 0. The van der Waals surface area contributed by atoms with Gasteiger partial charge in [-0.15, -0.1) is 0 Å². The molecule has 0 saturated carbocycles. The molecule has 1 aliphatic rings. The molecular formula is C33H43N3O7. The summed E-state index contributed by atoms with van der Waals surface area (Å²) in [4.78, 5) is 51.9. The Bertz CT molecular complexity index is 1380. The van der Waals surface area contributed by atoms with Gasteiger partial charge in [0.05, 0.1) is 23.3 Å². The predicted molar refractivity (Wildman–Crippen MR) is 162 cm³/mol. The van der Waals surface area contributed by atoms with Crippen molar-refractivity contribution in [2.75, 3.05) is 32.8 Å². The number of unbranched alkanes of at least 4 members (excludes halogenated alkanes) is 1. The third-order valence-electron chi connectivity index (χ3n) is 8.16. The Hall–Kier alpha value is -3.92. The minimum Gasteiger partial charge on any atom is -0.494 e. The van der Waals surface area contributed by atoms with Crippen LogP contribution in [0.4, 0.5) is 0 Å². The number of nitrogens with one attached hydrogen (secondary N) is 2. The minimum atomic E-state index is -0.671. The van der Waals surface area contributed by atoms with E-state index in [2.05, 4.69) is 10.6 Å². The fourth-order valence-electron chi connectivity index (χ4n) is 4.98. The average Bonchev–Trinajstić information content (AvgIpc) is 3.67. The van der Waals surface area contributed by atoms with E-state index in [9.17, 15) is 19.2 Å². The second-order valence-corrected chi connectivity index (χ2v) is 12.1. The molecule has 4 amide bonds. The summed E-state index contributed by atoms with van der Waals surface area (Å²) < 4.78 is 17.2. The van der Waals surface area contributed by atoms with Crippen molar-refractivity contribution < 1.29 is 33.1 Å². The molecule has 232 valence electrons. The van der Waals surface area contributed by atoms with E-state index in [4.69, 9.17) is 13.9 Å². The van der Waals surface area contributed by atoms with Gasteiger partial charge in [0.1, 0.15) is 16.9 Å². The van der Waals surface area contributed by atoms with E-state index in [1.807, 2.05) is 58.9 Å². The Labute approximate surface area is 252 Å². The molecule has 0 radical (unpaired) electrons. The first-order valence-corrected chi connectivity index (χ1v) is 15.0. The smallest absolute Gasteiger partial charge is 0.265 e. The van der Waals surface area contributed by atoms with Crippen molar-refractivity contribution in [2.45, 2.75) is 72.3 Å². The zero-order valence-electron chi connectivity index (χ0n) is 25.8. The van der Waals surface area contributed by atoms with Gasteiger partial charge in [0.15, 0.2) is 0 Å². The maximum absolute atomic E-state index is 13.0. The van der Waals surface area contributed by atoms with E-state index in [0.29, 0.717) is 43.8 Å². The van der Waals surface area contributed by atoms with E-state index >= 15 is 0 Å². The van der Waals surface area contributed by atoms with Crippen molar-refractivity contribution in [3.63, 3.8) is 0 Å². The van der Waals surface area contributed by atoms with Crippen LogP contribution in [0.25, 0.3) is 11.2 Å². The topological polar surface area (TPSA) is 127 Å². The average molecular weight is 594 g/mol. The fraction of sp³-hybridized carbons (Fsp3) is 0.515. The van der Waals surface area contributed by atoms with Gasteiger partial charge >= 0.3 is 0 Å². The quantitative estimate of drug-likeness (QED) is 0.169. The predicted octanol–water partition coefficient (Wildman–Crippen LogP) is 4.86. The zero-order valence-corrected chi connectivity index (χ0v) is 25.8. The minimum absolute atomic E-state index is 0.00258. The summed E-state index contributed by atoms with van der Waals surface area (Å²) in [6.07, 6.45) is 2.86. The molecule has 3 aromatic rings. The summed E-state index contributed by atoms with van der Waals surface area (Å²) in [6.45, 7) is 11.5. The molecule has 1 atom stereocenters. The van der Waals surface area contributed by atoms with Gasteiger partial charge in [0.2, 0.25) is 11.8 Å². The number of imide groups is 1. The maximum atomic E-state index is 13.0. The standard InChI is InChI=1S/C33H43N3O7/c1-6-33(5,31(40)34-17-7-8-19-41-23-11-9-22(2)10-12-23)16-20-42-32(3,4)21-35-26(37)15-18-36-29(38)27-24-13-14-25(43-24)28(27)30(36)39/h9-14H,6-8,15-21H2,1-5H3,(H,34,40)(H,35,37). The SMILES string of the molecule is CCC(C)(CCOC(C)(C)CNC(=O)CCN1C(=O)c2c(c3ccc2o3)C1=O)C(=O)NCCCCOc1ccc(C)cc1. The summed E-state index contributed by atoms with van der Waals surface area (Å²) in [5.41, 5.74) is 1.31. The Morgan fingerprint density at radius 2 is 1.56 bits per heavy atom. The number of nitrogens with zero attached hydrogens (tertiary/aromatic N) is 1. The number of ether oxygens (including phenoxy) is 2. The van der Waals surface area contributed by atoms with Crippen LogP contribution in [-0.4, -0.2) is 67.0 Å². The highest BCUT2D eigenvalue weighted by atomic mass is 16.5. The third kappa shape index (κ3) is 7.73. The Morgan fingerprint density at radius 1 is 0.907 bits per heavy atom. The molecule has 43 heavy (non-hydrogen) atoms. The number of rotatable bonds is 17. The molecule has 3 heterocycles. The molecule has 2 N–H and O–H groups in total. The first-order chi connectivity index (χ1) is 20.4. The first-order valence-electron chi connectivity index (χ1n) is 15.0. The molecule has 10 heteroatoms. The van der Waals surface area contributed by atoms with Gasteiger partial charge < -0.3 is 24.5 Å². The highest BCUT2D eigenvalue weighted by Crippen LogP contribution is 2.35. The lowest BCUT2D eigenvalue weighted by Crippen LogP contribution is -2.43. The molecule has 0 saturated heterocycles. The van der Waals surface area contributed by atoms with Crippen LogP contribution >= 0.6 is 0 Å². The summed E-state index contributed by atoms with van der Waals surface area (Å²) in [5, 5.41) is 5.89. The van der Waals surface area contributed by atoms with Gasteiger partial charge in [-0.1, -0.05) is 31.5 Å². The molecule has 2 bridgehead atoms. The van der Waals surface area contributed by atoms with E-state index < -0.39 is 22.8 Å². The van der Waals surface area contributed by atoms with Crippen molar-refractivity contribution in [3.8, 4) is 5.75 Å². The monoisotopic (exact) mass is 593 g/mol. The number of amides is 4. The first kappa shape index (κ1) is 32.0. The van der Waals surface area contributed by atoms with Crippen LogP contribution in [0, 0.1) is 12.3 Å². The molecule has 2 aromatic heterocycles. The molecule has 1 aliphatic heterocycles. The Kier molecular flexibility index (Phi) is 10.1. The highest BCUT2D eigenvalue weighted by Gasteiger charge is 2.41. The number of benzene rings is 2. The molecule has 0 aliphatic carbocycles. The summed E-state index contributed by atoms with van der Waals surface area (Å²) in [6, 6.07) is 11.3. The van der Waals surface area contributed by atoms with E-state index in [1.165, 1.54) is 5.56 Å². The summed E-state index contributed by atoms with van der Waals surface area (Å²) in [5.74, 6) is -0.293. The van der Waals surface area contributed by atoms with Crippen LogP contribution in [-0.2, 0) is 14.3 Å². The lowest BCUT2D eigenvalue weighted by molar-refractivity contribution is -0.132. The zero-order chi connectivity index (χ0) is 31.2. The van der Waals surface area contributed by atoms with Crippen molar-refractivity contribution in [1.29, 1.82) is 0 Å². The van der Waals surface area contributed by atoms with Gasteiger partial charge in [-0.2, -0.15) is 0 Å². The second-order valence-electron chi connectivity index (χ2n) is 12.1. The van der Waals surface area contributed by atoms with Crippen LogP contribution in [0.5, 0.6) is 5.75 Å². The molecular weight excluding hydrogens is 550 g/mol. The lowest BCUT2D eigenvalue weighted by atomic mass is 9.83. The van der Waals surface area contributed by atoms with Gasteiger partial charge in [0.25, 0.3) is 11.8 Å². The molecule has 0 fully saturated rings. The van der Waals surface area contributed by atoms with Crippen molar-refractivity contribution in [3.05, 3.63) is 53.1 Å². The van der Waals surface area contributed by atoms with Crippen molar-refractivity contribution in [2.24, 2.45) is 5.41 Å². The van der Waals surface area contributed by atoms with Crippen molar-refractivity contribution in [1.82, 2.24) is 15.5 Å². The number of hydrogen-bond acceptors (Lipinski definition) is 7. The molecule has 1 unspecified atom stereocenters. The van der Waals surface area contributed by atoms with E-state index in [1.54, 1.807) is 12.1 Å². The number of carbonyl (C=O) groups is 4. The van der Waals surface area contributed by atoms with Gasteiger partial charge in [-0.3, -0.25) is 24.1 Å². The number of aryl methyl sites for hydroxylation is 1. The second kappa shape index (κ2) is 13.6. The molecule has 0 spiro atoms. The van der Waals surface area contributed by atoms with Crippen LogP contribution in [0.15, 0.2) is 40.8 Å². The number of hydrogen-bond donors (Lipinski definition) is 2. The lowest BCUT2D eigenvalue weighted by Gasteiger charge is -2.30. The van der Waals surface area contributed by atoms with Crippen LogP contribution < -0.4 is 15.4 Å². The number of furan rings is 2. The van der Waals surface area contributed by atoms with Crippen LogP contribution in [0.1, 0.15) is 86.1 Å². The van der Waals surface area contributed by atoms with Crippen molar-refractivity contribution >= 4 is 34.8 Å². The van der Waals surface area contributed by atoms with Gasteiger partial charge in [0, 0.05) is 38.1 Å². The maximum Gasteiger partial charge on any atom is 0.265 e.